The summed E-state index contributed by atoms with van der Waals surface area (Å²) in [6.45, 7) is 16.5. The zero-order valence-electron chi connectivity index (χ0n) is 18.3. The van der Waals surface area contributed by atoms with Gasteiger partial charge >= 0.3 is 5.97 Å². The highest BCUT2D eigenvalue weighted by Crippen LogP contribution is 2.24. The fourth-order valence-corrected chi connectivity index (χ4v) is 4.07. The van der Waals surface area contributed by atoms with Crippen molar-refractivity contribution in [3.63, 3.8) is 0 Å². The van der Waals surface area contributed by atoms with Crippen molar-refractivity contribution in [2.45, 2.75) is 40.7 Å². The first-order valence-corrected chi connectivity index (χ1v) is 11.3. The fraction of sp³-hybridized carbons (Fsp3) is 0.750. The minimum absolute atomic E-state index is 0.0609. The molecule has 0 saturated carbocycles. The summed E-state index contributed by atoms with van der Waals surface area (Å²) >= 11 is 1.37. The highest BCUT2D eigenvalue weighted by atomic mass is 32.1. The summed E-state index contributed by atoms with van der Waals surface area (Å²) in [6, 6.07) is -0.0609. The van der Waals surface area contributed by atoms with Crippen molar-refractivity contribution in [2.75, 3.05) is 52.5 Å². The molecule has 2 atom stereocenters. The Balaban J connectivity index is 1.95. The van der Waals surface area contributed by atoms with E-state index in [0.29, 0.717) is 23.1 Å². The van der Waals surface area contributed by atoms with E-state index in [1.165, 1.54) is 11.3 Å². The van der Waals surface area contributed by atoms with Gasteiger partial charge in [0.05, 0.1) is 31.6 Å². The first-order chi connectivity index (χ1) is 13.9. The second-order valence-corrected chi connectivity index (χ2v) is 8.32. The van der Waals surface area contributed by atoms with E-state index in [2.05, 4.69) is 27.4 Å². The van der Waals surface area contributed by atoms with E-state index in [4.69, 9.17) is 14.5 Å². The summed E-state index contributed by atoms with van der Waals surface area (Å²) in [4.78, 5) is 24.4. The number of ether oxygens (including phenoxy) is 2. The van der Waals surface area contributed by atoms with Gasteiger partial charge in [0.25, 0.3) is 0 Å². The number of aromatic nitrogens is 1. The summed E-state index contributed by atoms with van der Waals surface area (Å²) in [6.07, 6.45) is 0. The van der Waals surface area contributed by atoms with Gasteiger partial charge < -0.3 is 20.1 Å². The van der Waals surface area contributed by atoms with E-state index < -0.39 is 0 Å². The van der Waals surface area contributed by atoms with Gasteiger partial charge in [0.1, 0.15) is 9.88 Å². The topological polar surface area (TPSA) is 88.1 Å². The van der Waals surface area contributed by atoms with Crippen LogP contribution in [0.5, 0.6) is 0 Å². The Morgan fingerprint density at radius 1 is 1.34 bits per heavy atom. The van der Waals surface area contributed by atoms with Gasteiger partial charge in [-0.15, -0.1) is 11.3 Å². The molecule has 1 saturated heterocycles. The van der Waals surface area contributed by atoms with Crippen molar-refractivity contribution < 1.29 is 14.3 Å². The third-order valence-corrected chi connectivity index (χ3v) is 5.90. The zero-order valence-corrected chi connectivity index (χ0v) is 19.1. The average molecular weight is 426 g/mol. The van der Waals surface area contributed by atoms with Crippen LogP contribution in [-0.4, -0.2) is 74.4 Å². The normalized spacial score (nSPS) is 17.6. The minimum atomic E-state index is -0.307. The summed E-state index contributed by atoms with van der Waals surface area (Å²) < 4.78 is 10.5. The maximum atomic E-state index is 12.0. The van der Waals surface area contributed by atoms with Crippen molar-refractivity contribution in [3.8, 4) is 0 Å². The van der Waals surface area contributed by atoms with Gasteiger partial charge in [-0.2, -0.15) is 0 Å². The molecule has 2 rings (SSSR count). The molecule has 29 heavy (non-hydrogen) atoms. The van der Waals surface area contributed by atoms with Gasteiger partial charge in [-0.05, 0) is 33.6 Å². The van der Waals surface area contributed by atoms with Crippen LogP contribution in [0.3, 0.4) is 0 Å². The molecule has 0 aromatic carbocycles. The Bertz CT molecular complexity index is 673. The van der Waals surface area contributed by atoms with Gasteiger partial charge in [-0.25, -0.2) is 9.78 Å². The molecule has 1 fully saturated rings. The molecule has 0 bridgehead atoms. The molecule has 0 radical (unpaired) electrons. The number of carbonyl (C=O) groups excluding carboxylic acids is 1. The van der Waals surface area contributed by atoms with E-state index in [1.807, 2.05) is 20.8 Å². The van der Waals surface area contributed by atoms with E-state index in [-0.39, 0.29) is 12.0 Å². The Kier molecular flexibility index (Phi) is 9.83. The first-order valence-electron chi connectivity index (χ1n) is 10.4. The quantitative estimate of drug-likeness (QED) is 0.356. The lowest BCUT2D eigenvalue weighted by molar-refractivity contribution is 0.0323. The molecule has 8 nitrogen and oxygen atoms in total. The number of nitrogens with one attached hydrogen (secondary N) is 2. The molecule has 164 valence electrons. The zero-order chi connectivity index (χ0) is 21.2. The molecule has 0 aliphatic carbocycles. The minimum Gasteiger partial charge on any atom is -0.462 e. The molecule has 1 aliphatic rings. The molecular formula is C20H35N5O3S. The number of thiazole rings is 1. The maximum absolute atomic E-state index is 12.0. The van der Waals surface area contributed by atoms with Crippen molar-refractivity contribution >= 4 is 23.3 Å². The van der Waals surface area contributed by atoms with Crippen LogP contribution in [-0.2, 0) is 9.47 Å². The average Bonchev–Trinajstić information content (AvgIpc) is 3.09. The molecule has 1 aromatic heterocycles. The molecule has 9 heteroatoms. The van der Waals surface area contributed by atoms with E-state index in [1.54, 1.807) is 6.92 Å². The van der Waals surface area contributed by atoms with Gasteiger partial charge in [0, 0.05) is 32.7 Å². The molecule has 0 amide bonds. The lowest BCUT2D eigenvalue weighted by atomic mass is 10.1. The van der Waals surface area contributed by atoms with Crippen LogP contribution in [0.2, 0.25) is 0 Å². The molecule has 1 aromatic rings. The molecule has 1 aliphatic heterocycles. The highest BCUT2D eigenvalue weighted by Gasteiger charge is 2.20. The second kappa shape index (κ2) is 12.1. The smallest absolute Gasteiger partial charge is 0.350 e. The van der Waals surface area contributed by atoms with E-state index >= 15 is 0 Å². The summed E-state index contributed by atoms with van der Waals surface area (Å²) in [5.74, 6) is 0.911. The number of guanidine groups is 1. The number of hydrogen-bond donors (Lipinski definition) is 2. The van der Waals surface area contributed by atoms with E-state index in [9.17, 15) is 4.79 Å². The molecule has 0 spiro atoms. The molecule has 2 N–H and O–H groups in total. The van der Waals surface area contributed by atoms with Crippen molar-refractivity contribution in [1.29, 1.82) is 0 Å². The lowest BCUT2D eigenvalue weighted by Crippen LogP contribution is -2.41. The number of hydrogen-bond acceptors (Lipinski definition) is 7. The van der Waals surface area contributed by atoms with Crippen LogP contribution >= 0.6 is 11.3 Å². The number of aliphatic imine (C=N–C) groups is 1. The van der Waals surface area contributed by atoms with Gasteiger partial charge in [0.2, 0.25) is 0 Å². The maximum Gasteiger partial charge on any atom is 0.350 e. The lowest BCUT2D eigenvalue weighted by Gasteiger charge is -2.28. The van der Waals surface area contributed by atoms with Crippen molar-refractivity contribution in [2.24, 2.45) is 10.9 Å². The van der Waals surface area contributed by atoms with Crippen LogP contribution in [0, 0.1) is 12.8 Å². The van der Waals surface area contributed by atoms with Crippen LogP contribution in [0.4, 0.5) is 0 Å². The SMILES string of the molecule is CCNC(=NCC(C)CN1CCOCC1)NC(C)c1nc(C)c(C(=O)OCC)s1. The predicted molar refractivity (Wildman–Crippen MR) is 117 cm³/mol. The van der Waals surface area contributed by atoms with Crippen LogP contribution in [0.1, 0.15) is 54.1 Å². The highest BCUT2D eigenvalue weighted by molar-refractivity contribution is 7.13. The summed E-state index contributed by atoms with van der Waals surface area (Å²) in [5, 5.41) is 7.55. The van der Waals surface area contributed by atoms with Crippen molar-refractivity contribution in [3.05, 3.63) is 15.6 Å². The number of nitrogens with zero attached hydrogens (tertiary/aromatic N) is 3. The number of esters is 1. The molecule has 2 heterocycles. The molecule has 2 unspecified atom stereocenters. The van der Waals surface area contributed by atoms with Gasteiger partial charge in [-0.1, -0.05) is 6.92 Å². The third kappa shape index (κ3) is 7.56. The second-order valence-electron chi connectivity index (χ2n) is 7.29. The standard InChI is InChI=1S/C20H35N5O3S/c1-6-21-20(22-12-14(3)13-25-8-10-27-11-9-25)24-16(5)18-23-15(4)17(29-18)19(26)28-7-2/h14,16H,6-13H2,1-5H3,(H2,21,22,24). The summed E-state index contributed by atoms with van der Waals surface area (Å²) in [5.41, 5.74) is 0.707. The number of rotatable bonds is 9. The van der Waals surface area contributed by atoms with Crippen LogP contribution < -0.4 is 10.6 Å². The van der Waals surface area contributed by atoms with Gasteiger partial charge in [0.15, 0.2) is 5.96 Å². The van der Waals surface area contributed by atoms with Crippen LogP contribution in [0.15, 0.2) is 4.99 Å². The number of carbonyl (C=O) groups is 1. The monoisotopic (exact) mass is 425 g/mol. The third-order valence-electron chi connectivity index (χ3n) is 4.58. The van der Waals surface area contributed by atoms with Crippen molar-refractivity contribution in [1.82, 2.24) is 20.5 Å². The summed E-state index contributed by atoms with van der Waals surface area (Å²) in [7, 11) is 0. The Morgan fingerprint density at radius 2 is 2.07 bits per heavy atom. The van der Waals surface area contributed by atoms with Crippen LogP contribution in [0.25, 0.3) is 0 Å². The molecular weight excluding hydrogens is 390 g/mol. The predicted octanol–water partition coefficient (Wildman–Crippen LogP) is 2.21. The van der Waals surface area contributed by atoms with Gasteiger partial charge in [-0.3, -0.25) is 9.89 Å². The van der Waals surface area contributed by atoms with E-state index in [0.717, 1.165) is 56.9 Å². The fourth-order valence-electron chi connectivity index (χ4n) is 3.10. The Morgan fingerprint density at radius 3 is 2.72 bits per heavy atom. The largest absolute Gasteiger partial charge is 0.462 e. The Hall–Kier alpha value is -1.71. The first kappa shape index (κ1) is 23.6. The number of aryl methyl sites for hydroxylation is 1. The number of morpholine rings is 1. The Labute approximate surface area is 178 Å².